The summed E-state index contributed by atoms with van der Waals surface area (Å²) in [5.41, 5.74) is 8.45. The highest BCUT2D eigenvalue weighted by Crippen LogP contribution is 2.23. The first-order valence-electron chi connectivity index (χ1n) is 6.58. The summed E-state index contributed by atoms with van der Waals surface area (Å²) < 4.78 is 17.7. The second-order valence-corrected chi connectivity index (χ2v) is 6.53. The summed E-state index contributed by atoms with van der Waals surface area (Å²) in [7, 11) is 0.549. The quantitative estimate of drug-likeness (QED) is 0.887. The molecule has 1 unspecified atom stereocenters. The largest absolute Gasteiger partial charge is 0.496 e. The Bertz CT molecular complexity index is 646. The molecule has 3 nitrogen and oxygen atoms in total. The van der Waals surface area contributed by atoms with Gasteiger partial charge in [-0.15, -0.1) is 0 Å². The zero-order chi connectivity index (χ0) is 15.2. The molecule has 2 rings (SSSR count). The molecule has 1 atom stereocenters. The first-order chi connectivity index (χ1) is 10.1. The zero-order valence-electron chi connectivity index (χ0n) is 11.8. The molecule has 0 aromatic heterocycles. The number of halogens is 1. The van der Waals surface area contributed by atoms with Crippen molar-refractivity contribution in [1.29, 1.82) is 0 Å². The van der Waals surface area contributed by atoms with Gasteiger partial charge in [-0.3, -0.25) is 4.21 Å². The molecule has 0 heterocycles. The van der Waals surface area contributed by atoms with Crippen molar-refractivity contribution < 1.29 is 8.95 Å². The molecule has 0 spiro atoms. The normalized spacial score (nSPS) is 12.1. The van der Waals surface area contributed by atoms with Crippen LogP contribution in [0.2, 0.25) is 5.02 Å². The second-order valence-electron chi connectivity index (χ2n) is 4.67. The number of hydrogen-bond donors (Lipinski definition) is 1. The Morgan fingerprint density at radius 2 is 1.86 bits per heavy atom. The molecule has 0 saturated carbocycles. The van der Waals surface area contributed by atoms with Crippen LogP contribution in [-0.2, 0) is 28.9 Å². The van der Waals surface area contributed by atoms with Crippen LogP contribution in [0.4, 0.5) is 0 Å². The number of rotatable bonds is 6. The molecule has 0 radical (unpaired) electrons. The molecule has 0 amide bonds. The van der Waals surface area contributed by atoms with E-state index in [-0.39, 0.29) is 0 Å². The van der Waals surface area contributed by atoms with Gasteiger partial charge in [-0.25, -0.2) is 0 Å². The molecule has 112 valence electrons. The van der Waals surface area contributed by atoms with E-state index in [2.05, 4.69) is 0 Å². The van der Waals surface area contributed by atoms with Crippen molar-refractivity contribution in [2.75, 3.05) is 7.11 Å². The van der Waals surface area contributed by atoms with E-state index in [0.717, 1.165) is 22.4 Å². The van der Waals surface area contributed by atoms with Crippen molar-refractivity contribution in [1.82, 2.24) is 0 Å². The van der Waals surface area contributed by atoms with Crippen LogP contribution in [0.25, 0.3) is 0 Å². The number of nitrogens with two attached hydrogens (primary N) is 1. The van der Waals surface area contributed by atoms with Crippen molar-refractivity contribution in [3.8, 4) is 5.75 Å². The van der Waals surface area contributed by atoms with Gasteiger partial charge >= 0.3 is 0 Å². The summed E-state index contributed by atoms with van der Waals surface area (Å²) in [4.78, 5) is 0. The average Bonchev–Trinajstić information content (AvgIpc) is 2.49. The molecule has 0 bridgehead atoms. The highest BCUT2D eigenvalue weighted by atomic mass is 35.5. The Morgan fingerprint density at radius 1 is 1.14 bits per heavy atom. The molecule has 2 aromatic rings. The Balaban J connectivity index is 2.14. The van der Waals surface area contributed by atoms with Gasteiger partial charge in [0, 0.05) is 27.9 Å². The van der Waals surface area contributed by atoms with Gasteiger partial charge in [0.05, 0.1) is 18.6 Å². The van der Waals surface area contributed by atoms with E-state index in [1.165, 1.54) is 0 Å². The monoisotopic (exact) mass is 323 g/mol. The standard InChI is InChI=1S/C16H18ClNO2S/c1-20-16-7-6-12(9-18)8-14(16)11-21(19)10-13-4-2-3-5-15(13)17/h2-8H,9-11,18H2,1H3. The van der Waals surface area contributed by atoms with Gasteiger partial charge in [0.2, 0.25) is 0 Å². The molecule has 2 aromatic carbocycles. The molecule has 2 N–H and O–H groups in total. The maximum absolute atomic E-state index is 12.4. The van der Waals surface area contributed by atoms with E-state index in [1.54, 1.807) is 7.11 Å². The lowest BCUT2D eigenvalue weighted by Crippen LogP contribution is -2.04. The molecule has 0 saturated heterocycles. The van der Waals surface area contributed by atoms with Crippen molar-refractivity contribution in [3.05, 3.63) is 64.2 Å². The summed E-state index contributed by atoms with van der Waals surface area (Å²) in [6, 6.07) is 13.2. The fourth-order valence-corrected chi connectivity index (χ4v) is 3.64. The summed E-state index contributed by atoms with van der Waals surface area (Å²) >= 11 is 6.10. The third kappa shape index (κ3) is 4.30. The number of hydrogen-bond acceptors (Lipinski definition) is 3. The molecule has 5 heteroatoms. The highest BCUT2D eigenvalue weighted by Gasteiger charge is 2.10. The Kier molecular flexibility index (Phi) is 5.79. The van der Waals surface area contributed by atoms with Crippen LogP contribution in [0.1, 0.15) is 16.7 Å². The first-order valence-corrected chi connectivity index (χ1v) is 8.45. The smallest absolute Gasteiger partial charge is 0.123 e. The molecular formula is C16H18ClNO2S. The van der Waals surface area contributed by atoms with Gasteiger partial charge in [0.25, 0.3) is 0 Å². The van der Waals surface area contributed by atoms with Crippen molar-refractivity contribution in [2.24, 2.45) is 5.73 Å². The van der Waals surface area contributed by atoms with Crippen LogP contribution in [0.3, 0.4) is 0 Å². The average molecular weight is 324 g/mol. The molecular weight excluding hydrogens is 306 g/mol. The van der Waals surface area contributed by atoms with Crippen LogP contribution >= 0.6 is 11.6 Å². The van der Waals surface area contributed by atoms with Crippen molar-refractivity contribution in [2.45, 2.75) is 18.1 Å². The lowest BCUT2D eigenvalue weighted by Gasteiger charge is -2.10. The van der Waals surface area contributed by atoms with Crippen LogP contribution in [0, 0.1) is 0 Å². The van der Waals surface area contributed by atoms with Gasteiger partial charge in [0.15, 0.2) is 0 Å². The Morgan fingerprint density at radius 3 is 2.52 bits per heavy atom. The maximum atomic E-state index is 12.4. The van der Waals surface area contributed by atoms with Gasteiger partial charge < -0.3 is 10.5 Å². The summed E-state index contributed by atoms with van der Waals surface area (Å²) in [6.45, 7) is 0.453. The fourth-order valence-electron chi connectivity index (χ4n) is 2.09. The number of methoxy groups -OCH3 is 1. The predicted molar refractivity (Wildman–Crippen MR) is 87.9 cm³/mol. The lowest BCUT2D eigenvalue weighted by atomic mass is 10.1. The summed E-state index contributed by atoms with van der Waals surface area (Å²) in [6.07, 6.45) is 0. The number of benzene rings is 2. The van der Waals surface area contributed by atoms with Gasteiger partial charge in [-0.1, -0.05) is 35.9 Å². The highest BCUT2D eigenvalue weighted by molar-refractivity contribution is 7.83. The first kappa shape index (κ1) is 16.0. The van der Waals surface area contributed by atoms with E-state index >= 15 is 0 Å². The second kappa shape index (κ2) is 7.59. The van der Waals surface area contributed by atoms with Crippen molar-refractivity contribution >= 4 is 22.4 Å². The van der Waals surface area contributed by atoms with Crippen molar-refractivity contribution in [3.63, 3.8) is 0 Å². The van der Waals surface area contributed by atoms with Gasteiger partial charge in [-0.2, -0.15) is 0 Å². The topological polar surface area (TPSA) is 52.3 Å². The van der Waals surface area contributed by atoms with Crippen LogP contribution < -0.4 is 10.5 Å². The Labute approximate surface area is 132 Å². The van der Waals surface area contributed by atoms with Crippen LogP contribution in [0.5, 0.6) is 5.75 Å². The predicted octanol–water partition coefficient (Wildman–Crippen LogP) is 3.26. The fraction of sp³-hybridized carbons (Fsp3) is 0.250. The minimum atomic E-state index is -1.06. The SMILES string of the molecule is COc1ccc(CN)cc1CS(=O)Cc1ccccc1Cl. The third-order valence-corrected chi connectivity index (χ3v) is 4.81. The lowest BCUT2D eigenvalue weighted by molar-refractivity contribution is 0.411. The van der Waals surface area contributed by atoms with E-state index in [9.17, 15) is 4.21 Å². The summed E-state index contributed by atoms with van der Waals surface area (Å²) in [5.74, 6) is 1.58. The van der Waals surface area contributed by atoms with E-state index in [4.69, 9.17) is 22.1 Å². The number of ether oxygens (including phenoxy) is 1. The molecule has 21 heavy (non-hydrogen) atoms. The molecule has 0 aliphatic carbocycles. The molecule has 0 aliphatic rings. The molecule has 0 aliphatic heterocycles. The minimum absolute atomic E-state index is 0.419. The molecule has 0 fully saturated rings. The van der Waals surface area contributed by atoms with E-state index < -0.39 is 10.8 Å². The summed E-state index contributed by atoms with van der Waals surface area (Å²) in [5, 5.41) is 0.647. The van der Waals surface area contributed by atoms with E-state index in [0.29, 0.717) is 23.1 Å². The van der Waals surface area contributed by atoms with Crippen LogP contribution in [-0.4, -0.2) is 11.3 Å². The minimum Gasteiger partial charge on any atom is -0.496 e. The third-order valence-electron chi connectivity index (χ3n) is 3.17. The maximum Gasteiger partial charge on any atom is 0.123 e. The van der Waals surface area contributed by atoms with Gasteiger partial charge in [0.1, 0.15) is 5.75 Å². The van der Waals surface area contributed by atoms with Crippen LogP contribution in [0.15, 0.2) is 42.5 Å². The van der Waals surface area contributed by atoms with E-state index in [1.807, 2.05) is 42.5 Å². The Hall–Kier alpha value is -1.36. The zero-order valence-corrected chi connectivity index (χ0v) is 13.4. The van der Waals surface area contributed by atoms with Gasteiger partial charge in [-0.05, 0) is 29.3 Å².